The molecule has 0 saturated carbocycles. The van der Waals surface area contributed by atoms with Crippen molar-refractivity contribution >= 4 is 11.6 Å². The van der Waals surface area contributed by atoms with Crippen molar-refractivity contribution in [1.82, 2.24) is 9.78 Å². The van der Waals surface area contributed by atoms with Crippen molar-refractivity contribution in [2.75, 3.05) is 0 Å². The van der Waals surface area contributed by atoms with Gasteiger partial charge in [-0.15, -0.1) is 0 Å². The fourth-order valence-corrected chi connectivity index (χ4v) is 1.55. The molecule has 0 aliphatic rings. The number of aromatic nitrogens is 2. The van der Waals surface area contributed by atoms with Crippen molar-refractivity contribution in [2.24, 2.45) is 7.05 Å². The summed E-state index contributed by atoms with van der Waals surface area (Å²) in [6.07, 6.45) is 1.78. The third-order valence-electron chi connectivity index (χ3n) is 2.23. The van der Waals surface area contributed by atoms with E-state index in [4.69, 9.17) is 11.6 Å². The number of halogens is 1. The number of aryl methyl sites for hydroxylation is 2. The molecule has 1 aromatic carbocycles. The first-order chi connectivity index (χ1) is 6.68. The maximum Gasteiger partial charge on any atom is 0.134 e. The van der Waals surface area contributed by atoms with E-state index in [1.54, 1.807) is 10.9 Å². The molecule has 3 heteroatoms. The van der Waals surface area contributed by atoms with E-state index < -0.39 is 0 Å². The standard InChI is InChI=1S/C11H11ClN2/c1-8-3-5-9(6-4-8)10-7-13-14(2)11(10)12/h3-7H,1-2H3. The van der Waals surface area contributed by atoms with Crippen LogP contribution in [-0.2, 0) is 7.05 Å². The average molecular weight is 207 g/mol. The lowest BCUT2D eigenvalue weighted by molar-refractivity contribution is 0.769. The van der Waals surface area contributed by atoms with Gasteiger partial charge in [-0.2, -0.15) is 5.10 Å². The molecule has 14 heavy (non-hydrogen) atoms. The minimum absolute atomic E-state index is 0.675. The molecular formula is C11H11ClN2. The highest BCUT2D eigenvalue weighted by molar-refractivity contribution is 6.32. The molecule has 2 rings (SSSR count). The smallest absolute Gasteiger partial charge is 0.134 e. The van der Waals surface area contributed by atoms with Crippen LogP contribution >= 0.6 is 11.6 Å². The largest absolute Gasteiger partial charge is 0.256 e. The minimum atomic E-state index is 0.675. The molecule has 0 fully saturated rings. The fraction of sp³-hybridized carbons (Fsp3) is 0.182. The van der Waals surface area contributed by atoms with Gasteiger partial charge in [0.1, 0.15) is 5.15 Å². The molecule has 1 aromatic heterocycles. The number of benzene rings is 1. The lowest BCUT2D eigenvalue weighted by atomic mass is 10.1. The van der Waals surface area contributed by atoms with Crippen molar-refractivity contribution < 1.29 is 0 Å². The highest BCUT2D eigenvalue weighted by Crippen LogP contribution is 2.26. The number of nitrogens with zero attached hydrogens (tertiary/aromatic N) is 2. The maximum absolute atomic E-state index is 6.08. The highest BCUT2D eigenvalue weighted by Gasteiger charge is 2.07. The zero-order valence-electron chi connectivity index (χ0n) is 8.16. The lowest BCUT2D eigenvalue weighted by Crippen LogP contribution is -1.88. The van der Waals surface area contributed by atoms with Crippen molar-refractivity contribution in [1.29, 1.82) is 0 Å². The van der Waals surface area contributed by atoms with Crippen molar-refractivity contribution in [3.8, 4) is 11.1 Å². The summed E-state index contributed by atoms with van der Waals surface area (Å²) in [6, 6.07) is 8.24. The SMILES string of the molecule is Cc1ccc(-c2cnn(C)c2Cl)cc1. The quantitative estimate of drug-likeness (QED) is 0.701. The van der Waals surface area contributed by atoms with Crippen LogP contribution in [0.15, 0.2) is 30.5 Å². The van der Waals surface area contributed by atoms with Gasteiger partial charge in [0.2, 0.25) is 0 Å². The Kier molecular flexibility index (Phi) is 2.30. The van der Waals surface area contributed by atoms with Gasteiger partial charge in [-0.3, -0.25) is 4.68 Å². The van der Waals surface area contributed by atoms with Gasteiger partial charge in [-0.05, 0) is 12.5 Å². The van der Waals surface area contributed by atoms with Crippen LogP contribution in [-0.4, -0.2) is 9.78 Å². The summed E-state index contributed by atoms with van der Waals surface area (Å²) in [6.45, 7) is 2.06. The zero-order valence-corrected chi connectivity index (χ0v) is 8.92. The second-order valence-electron chi connectivity index (χ2n) is 3.34. The molecule has 0 bridgehead atoms. The first kappa shape index (κ1) is 9.28. The summed E-state index contributed by atoms with van der Waals surface area (Å²) in [5.74, 6) is 0. The van der Waals surface area contributed by atoms with Gasteiger partial charge in [0, 0.05) is 12.6 Å². The van der Waals surface area contributed by atoms with Gasteiger partial charge in [0.25, 0.3) is 0 Å². The van der Waals surface area contributed by atoms with Gasteiger partial charge in [0.05, 0.1) is 6.20 Å². The summed E-state index contributed by atoms with van der Waals surface area (Å²) in [4.78, 5) is 0. The predicted octanol–water partition coefficient (Wildman–Crippen LogP) is 3.05. The van der Waals surface area contributed by atoms with Crippen LogP contribution in [0.5, 0.6) is 0 Å². The number of rotatable bonds is 1. The van der Waals surface area contributed by atoms with Crippen LogP contribution in [0.2, 0.25) is 5.15 Å². The van der Waals surface area contributed by atoms with Crippen molar-refractivity contribution in [3.05, 3.63) is 41.2 Å². The normalized spacial score (nSPS) is 10.5. The summed E-state index contributed by atoms with van der Waals surface area (Å²) >= 11 is 6.08. The Morgan fingerprint density at radius 2 is 1.86 bits per heavy atom. The van der Waals surface area contributed by atoms with E-state index in [-0.39, 0.29) is 0 Å². The van der Waals surface area contributed by atoms with Crippen LogP contribution in [0, 0.1) is 6.92 Å². The fourth-order valence-electron chi connectivity index (χ4n) is 1.35. The zero-order chi connectivity index (χ0) is 10.1. The molecule has 0 saturated heterocycles. The van der Waals surface area contributed by atoms with E-state index >= 15 is 0 Å². The Hall–Kier alpha value is -1.28. The summed E-state index contributed by atoms with van der Waals surface area (Å²) in [5, 5.41) is 4.77. The predicted molar refractivity (Wildman–Crippen MR) is 58.4 cm³/mol. The maximum atomic E-state index is 6.08. The lowest BCUT2D eigenvalue weighted by Gasteiger charge is -1.99. The molecule has 0 spiro atoms. The first-order valence-electron chi connectivity index (χ1n) is 4.43. The summed E-state index contributed by atoms with van der Waals surface area (Å²) in [7, 11) is 1.83. The van der Waals surface area contributed by atoms with Crippen LogP contribution in [0.25, 0.3) is 11.1 Å². The Morgan fingerprint density at radius 3 is 2.36 bits per heavy atom. The van der Waals surface area contributed by atoms with Gasteiger partial charge in [0.15, 0.2) is 0 Å². The highest BCUT2D eigenvalue weighted by atomic mass is 35.5. The van der Waals surface area contributed by atoms with Crippen LogP contribution in [0.1, 0.15) is 5.56 Å². The second-order valence-corrected chi connectivity index (χ2v) is 3.70. The minimum Gasteiger partial charge on any atom is -0.256 e. The number of hydrogen-bond acceptors (Lipinski definition) is 1. The molecule has 2 aromatic rings. The molecule has 1 heterocycles. The Balaban J connectivity index is 2.49. The number of hydrogen-bond donors (Lipinski definition) is 0. The van der Waals surface area contributed by atoms with E-state index in [2.05, 4.69) is 36.3 Å². The molecule has 2 nitrogen and oxygen atoms in total. The van der Waals surface area contributed by atoms with Crippen LogP contribution in [0.3, 0.4) is 0 Å². The van der Waals surface area contributed by atoms with Crippen molar-refractivity contribution in [2.45, 2.75) is 6.92 Å². The van der Waals surface area contributed by atoms with Gasteiger partial charge >= 0.3 is 0 Å². The summed E-state index contributed by atoms with van der Waals surface area (Å²) < 4.78 is 1.66. The molecule has 0 atom stereocenters. The molecule has 0 N–H and O–H groups in total. The monoisotopic (exact) mass is 206 g/mol. The summed E-state index contributed by atoms with van der Waals surface area (Å²) in [5.41, 5.74) is 3.33. The molecule has 0 aliphatic heterocycles. The van der Waals surface area contributed by atoms with Crippen LogP contribution < -0.4 is 0 Å². The molecule has 0 radical (unpaired) electrons. The molecule has 0 unspecified atom stereocenters. The van der Waals surface area contributed by atoms with E-state index in [0.717, 1.165) is 11.1 Å². The molecule has 0 amide bonds. The third kappa shape index (κ3) is 1.53. The molecule has 0 aliphatic carbocycles. The Labute approximate surface area is 88.1 Å². The molecule has 72 valence electrons. The second kappa shape index (κ2) is 3.46. The van der Waals surface area contributed by atoms with E-state index in [1.807, 2.05) is 7.05 Å². The average Bonchev–Trinajstić information content (AvgIpc) is 2.50. The van der Waals surface area contributed by atoms with E-state index in [9.17, 15) is 0 Å². The van der Waals surface area contributed by atoms with Gasteiger partial charge in [-0.25, -0.2) is 0 Å². The third-order valence-corrected chi connectivity index (χ3v) is 2.68. The van der Waals surface area contributed by atoms with Gasteiger partial charge in [-0.1, -0.05) is 41.4 Å². The Morgan fingerprint density at radius 1 is 1.21 bits per heavy atom. The van der Waals surface area contributed by atoms with Crippen molar-refractivity contribution in [3.63, 3.8) is 0 Å². The van der Waals surface area contributed by atoms with Crippen LogP contribution in [0.4, 0.5) is 0 Å². The molecular weight excluding hydrogens is 196 g/mol. The Bertz CT molecular complexity index is 443. The van der Waals surface area contributed by atoms with Gasteiger partial charge < -0.3 is 0 Å². The topological polar surface area (TPSA) is 17.8 Å². The van der Waals surface area contributed by atoms with E-state index in [1.165, 1.54) is 5.56 Å². The van der Waals surface area contributed by atoms with E-state index in [0.29, 0.717) is 5.15 Å². The first-order valence-corrected chi connectivity index (χ1v) is 4.81.